The van der Waals surface area contributed by atoms with Crippen LogP contribution in [0.15, 0.2) is 41.7 Å². The number of ether oxygens (including phenoxy) is 1. The molecule has 0 radical (unpaired) electrons. The molecule has 2 rings (SSSR count). The van der Waals surface area contributed by atoms with Crippen molar-refractivity contribution in [1.82, 2.24) is 9.97 Å². The number of para-hydroxylation sites is 1. The first kappa shape index (κ1) is 19.7. The van der Waals surface area contributed by atoms with Crippen LogP contribution in [0.25, 0.3) is 0 Å². The van der Waals surface area contributed by atoms with Crippen LogP contribution in [0.4, 0.5) is 11.5 Å². The minimum atomic E-state index is -0.563. The van der Waals surface area contributed by atoms with Gasteiger partial charge in [0.2, 0.25) is 5.91 Å². The molecule has 8 heteroatoms. The molecule has 0 saturated carbocycles. The quantitative estimate of drug-likeness (QED) is 0.452. The lowest BCUT2D eigenvalue weighted by Crippen LogP contribution is -2.36. The SMILES string of the molecule is CCOC(=O)c1cnc(SC(C)C(=O)N(CC)c2ccccc2)nc1N. The van der Waals surface area contributed by atoms with Crippen molar-refractivity contribution < 1.29 is 14.3 Å². The highest BCUT2D eigenvalue weighted by atomic mass is 32.2. The van der Waals surface area contributed by atoms with E-state index in [-0.39, 0.29) is 23.9 Å². The lowest BCUT2D eigenvalue weighted by molar-refractivity contribution is -0.117. The highest BCUT2D eigenvalue weighted by Crippen LogP contribution is 2.25. The van der Waals surface area contributed by atoms with Crippen molar-refractivity contribution >= 4 is 35.1 Å². The minimum absolute atomic E-state index is 0.0380. The van der Waals surface area contributed by atoms with Gasteiger partial charge in [-0.1, -0.05) is 30.0 Å². The van der Waals surface area contributed by atoms with Gasteiger partial charge in [0.05, 0.1) is 11.9 Å². The van der Waals surface area contributed by atoms with Crippen molar-refractivity contribution in [2.24, 2.45) is 0 Å². The zero-order valence-corrected chi connectivity index (χ0v) is 15.8. The number of anilines is 2. The molecule has 7 nitrogen and oxygen atoms in total. The van der Waals surface area contributed by atoms with E-state index in [1.807, 2.05) is 37.3 Å². The zero-order valence-electron chi connectivity index (χ0n) is 15.0. The summed E-state index contributed by atoms with van der Waals surface area (Å²) >= 11 is 1.19. The maximum atomic E-state index is 12.8. The van der Waals surface area contributed by atoms with E-state index in [1.165, 1.54) is 18.0 Å². The maximum Gasteiger partial charge on any atom is 0.343 e. The summed E-state index contributed by atoms with van der Waals surface area (Å²) in [6.07, 6.45) is 1.33. The molecule has 0 aliphatic rings. The Kier molecular flexibility index (Phi) is 6.97. The Hall–Kier alpha value is -2.61. The van der Waals surface area contributed by atoms with Gasteiger partial charge >= 0.3 is 5.97 Å². The van der Waals surface area contributed by atoms with Crippen LogP contribution in [0.1, 0.15) is 31.1 Å². The number of hydrogen-bond donors (Lipinski definition) is 1. The summed E-state index contributed by atoms with van der Waals surface area (Å²) < 4.78 is 4.90. The molecule has 0 bridgehead atoms. The Balaban J connectivity index is 2.11. The van der Waals surface area contributed by atoms with Crippen molar-refractivity contribution in [2.75, 3.05) is 23.8 Å². The van der Waals surface area contributed by atoms with Crippen LogP contribution in [0.5, 0.6) is 0 Å². The van der Waals surface area contributed by atoms with E-state index in [2.05, 4.69) is 9.97 Å². The van der Waals surface area contributed by atoms with Crippen LogP contribution in [0.2, 0.25) is 0 Å². The second-order valence-electron chi connectivity index (χ2n) is 5.35. The third-order valence-corrected chi connectivity index (χ3v) is 4.53. The topological polar surface area (TPSA) is 98.4 Å². The van der Waals surface area contributed by atoms with Crippen molar-refractivity contribution in [3.8, 4) is 0 Å². The first-order valence-corrected chi connectivity index (χ1v) is 9.18. The van der Waals surface area contributed by atoms with Crippen LogP contribution in [-0.2, 0) is 9.53 Å². The van der Waals surface area contributed by atoms with Crippen molar-refractivity contribution in [1.29, 1.82) is 0 Å². The van der Waals surface area contributed by atoms with E-state index in [9.17, 15) is 9.59 Å². The van der Waals surface area contributed by atoms with Crippen LogP contribution >= 0.6 is 11.8 Å². The molecule has 0 aliphatic carbocycles. The standard InChI is InChI=1S/C18H22N4O3S/c1-4-22(13-9-7-6-8-10-13)16(23)12(3)26-18-20-11-14(15(19)21-18)17(24)25-5-2/h6-12H,4-5H2,1-3H3,(H2,19,20,21). The number of carbonyl (C=O) groups is 2. The molecule has 2 aromatic rings. The molecular weight excluding hydrogens is 352 g/mol. The molecule has 26 heavy (non-hydrogen) atoms. The second kappa shape index (κ2) is 9.19. The number of benzene rings is 1. The van der Waals surface area contributed by atoms with Gasteiger partial charge in [-0.3, -0.25) is 4.79 Å². The number of aromatic nitrogens is 2. The Labute approximate surface area is 157 Å². The Morgan fingerprint density at radius 2 is 1.96 bits per heavy atom. The fraction of sp³-hybridized carbons (Fsp3) is 0.333. The smallest absolute Gasteiger partial charge is 0.343 e. The van der Waals surface area contributed by atoms with Gasteiger partial charge in [0, 0.05) is 18.4 Å². The number of nitrogens with two attached hydrogens (primary N) is 1. The fourth-order valence-electron chi connectivity index (χ4n) is 2.30. The van der Waals surface area contributed by atoms with E-state index in [1.54, 1.807) is 18.7 Å². The molecule has 1 amide bonds. The summed E-state index contributed by atoms with van der Waals surface area (Å²) in [6.45, 7) is 6.21. The molecule has 1 aromatic carbocycles. The summed E-state index contributed by atoms with van der Waals surface area (Å²) in [6, 6.07) is 9.46. The lowest BCUT2D eigenvalue weighted by Gasteiger charge is -2.24. The molecule has 1 heterocycles. The average Bonchev–Trinajstić information content (AvgIpc) is 2.63. The molecule has 0 fully saturated rings. The van der Waals surface area contributed by atoms with Crippen LogP contribution < -0.4 is 10.6 Å². The highest BCUT2D eigenvalue weighted by molar-refractivity contribution is 8.00. The molecule has 1 aromatic heterocycles. The third kappa shape index (κ3) is 4.72. The maximum absolute atomic E-state index is 12.8. The van der Waals surface area contributed by atoms with Crippen LogP contribution in [-0.4, -0.2) is 40.2 Å². The highest BCUT2D eigenvalue weighted by Gasteiger charge is 2.23. The summed E-state index contributed by atoms with van der Waals surface area (Å²) in [5, 5.41) is -0.0801. The number of amides is 1. The number of esters is 1. The number of nitrogen functional groups attached to an aromatic ring is 1. The molecule has 138 valence electrons. The number of rotatable bonds is 7. The Bertz CT molecular complexity index is 770. The molecule has 1 unspecified atom stereocenters. The first-order valence-electron chi connectivity index (χ1n) is 8.30. The molecule has 0 aliphatic heterocycles. The van der Waals surface area contributed by atoms with Crippen LogP contribution in [0.3, 0.4) is 0 Å². The van der Waals surface area contributed by atoms with Crippen molar-refractivity contribution in [3.63, 3.8) is 0 Å². The third-order valence-electron chi connectivity index (χ3n) is 3.57. The monoisotopic (exact) mass is 374 g/mol. The van der Waals surface area contributed by atoms with E-state index in [0.717, 1.165) is 5.69 Å². The molecule has 1 atom stereocenters. The zero-order chi connectivity index (χ0) is 19.1. The number of carbonyl (C=O) groups excluding carboxylic acids is 2. The van der Waals surface area contributed by atoms with Gasteiger partial charge in [0.15, 0.2) is 5.16 Å². The number of nitrogens with zero attached hydrogens (tertiary/aromatic N) is 3. The largest absolute Gasteiger partial charge is 0.462 e. The lowest BCUT2D eigenvalue weighted by atomic mass is 10.2. The van der Waals surface area contributed by atoms with Gasteiger partial charge in [0.1, 0.15) is 11.4 Å². The Morgan fingerprint density at radius 1 is 1.27 bits per heavy atom. The molecule has 0 saturated heterocycles. The first-order chi connectivity index (χ1) is 12.5. The molecular formula is C18H22N4O3S. The van der Waals surface area contributed by atoms with Gasteiger partial charge < -0.3 is 15.4 Å². The fourth-order valence-corrected chi connectivity index (χ4v) is 3.11. The molecule has 2 N–H and O–H groups in total. The van der Waals surface area contributed by atoms with Crippen molar-refractivity contribution in [3.05, 3.63) is 42.1 Å². The van der Waals surface area contributed by atoms with Gasteiger partial charge in [-0.05, 0) is 32.9 Å². The van der Waals surface area contributed by atoms with Gasteiger partial charge in [-0.15, -0.1) is 0 Å². The van der Waals surface area contributed by atoms with Crippen molar-refractivity contribution in [2.45, 2.75) is 31.2 Å². The normalized spacial score (nSPS) is 11.7. The second-order valence-corrected chi connectivity index (χ2v) is 6.66. The summed E-state index contributed by atoms with van der Waals surface area (Å²) in [4.78, 5) is 34.5. The summed E-state index contributed by atoms with van der Waals surface area (Å²) in [5.74, 6) is -0.580. The van der Waals surface area contributed by atoms with Gasteiger partial charge in [-0.2, -0.15) is 0 Å². The average molecular weight is 374 g/mol. The number of hydrogen-bond acceptors (Lipinski definition) is 7. The minimum Gasteiger partial charge on any atom is -0.462 e. The Morgan fingerprint density at radius 3 is 2.54 bits per heavy atom. The summed E-state index contributed by atoms with van der Waals surface area (Å²) in [7, 11) is 0. The van der Waals surface area contributed by atoms with Gasteiger partial charge in [0.25, 0.3) is 0 Å². The van der Waals surface area contributed by atoms with Gasteiger partial charge in [-0.25, -0.2) is 14.8 Å². The van der Waals surface area contributed by atoms with E-state index in [4.69, 9.17) is 10.5 Å². The predicted molar refractivity (Wildman–Crippen MR) is 102 cm³/mol. The predicted octanol–water partition coefficient (Wildman–Crippen LogP) is 2.77. The van der Waals surface area contributed by atoms with E-state index < -0.39 is 11.2 Å². The van der Waals surface area contributed by atoms with E-state index in [0.29, 0.717) is 11.7 Å². The molecule has 0 spiro atoms. The van der Waals surface area contributed by atoms with Crippen LogP contribution in [0, 0.1) is 0 Å². The number of thioether (sulfide) groups is 1. The summed E-state index contributed by atoms with van der Waals surface area (Å²) in [5.41, 5.74) is 6.78. The van der Waals surface area contributed by atoms with E-state index >= 15 is 0 Å².